The van der Waals surface area contributed by atoms with Crippen LogP contribution in [0.1, 0.15) is 21.7 Å². The SMILES string of the molecule is O=C(Cc1ccc(F)cc1)NCCNC(=O)c1nnn(-c2ccc(F)cc2)c1C(F)(F)F. The summed E-state index contributed by atoms with van der Waals surface area (Å²) in [5.41, 5.74) is -1.93. The minimum atomic E-state index is -4.96. The lowest BCUT2D eigenvalue weighted by Crippen LogP contribution is -2.36. The summed E-state index contributed by atoms with van der Waals surface area (Å²) in [6, 6.07) is 9.34. The Labute approximate surface area is 178 Å². The van der Waals surface area contributed by atoms with Crippen LogP contribution in [-0.2, 0) is 17.4 Å². The summed E-state index contributed by atoms with van der Waals surface area (Å²) in [6.07, 6.45) is -4.99. The quantitative estimate of drug-likeness (QED) is 0.425. The maximum atomic E-state index is 13.6. The van der Waals surface area contributed by atoms with Crippen LogP contribution in [0.15, 0.2) is 48.5 Å². The third kappa shape index (κ3) is 5.65. The number of carbonyl (C=O) groups excluding carboxylic acids is 2. The molecule has 2 aromatic carbocycles. The van der Waals surface area contributed by atoms with Crippen LogP contribution in [0, 0.1) is 11.6 Å². The topological polar surface area (TPSA) is 88.9 Å². The van der Waals surface area contributed by atoms with Crippen molar-refractivity contribution < 1.29 is 31.5 Å². The van der Waals surface area contributed by atoms with Crippen LogP contribution < -0.4 is 10.6 Å². The molecule has 0 unspecified atom stereocenters. The molecule has 12 heteroatoms. The highest BCUT2D eigenvalue weighted by atomic mass is 19.4. The number of hydrogen-bond donors (Lipinski definition) is 2. The summed E-state index contributed by atoms with van der Waals surface area (Å²) in [6.45, 7) is -0.228. The fourth-order valence-corrected chi connectivity index (χ4v) is 2.76. The fourth-order valence-electron chi connectivity index (χ4n) is 2.76. The first-order chi connectivity index (χ1) is 15.1. The Hall–Kier alpha value is -3.83. The average molecular weight is 453 g/mol. The molecule has 2 N–H and O–H groups in total. The molecule has 168 valence electrons. The molecule has 0 atom stereocenters. The summed E-state index contributed by atoms with van der Waals surface area (Å²) in [4.78, 5) is 24.1. The van der Waals surface area contributed by atoms with Gasteiger partial charge in [-0.15, -0.1) is 5.10 Å². The van der Waals surface area contributed by atoms with Crippen LogP contribution in [0.5, 0.6) is 0 Å². The second-order valence-electron chi connectivity index (χ2n) is 6.58. The van der Waals surface area contributed by atoms with E-state index in [1.54, 1.807) is 0 Å². The third-order valence-electron chi connectivity index (χ3n) is 4.24. The first-order valence-corrected chi connectivity index (χ1v) is 9.23. The Morgan fingerprint density at radius 1 is 0.875 bits per heavy atom. The number of halogens is 5. The third-order valence-corrected chi connectivity index (χ3v) is 4.24. The summed E-state index contributed by atoms with van der Waals surface area (Å²) < 4.78 is 67.0. The van der Waals surface area contributed by atoms with Gasteiger partial charge in [-0.3, -0.25) is 9.59 Å². The van der Waals surface area contributed by atoms with E-state index in [9.17, 15) is 31.5 Å². The molecule has 0 spiro atoms. The van der Waals surface area contributed by atoms with Crippen LogP contribution in [0.3, 0.4) is 0 Å². The molecule has 3 aromatic rings. The lowest BCUT2D eigenvalue weighted by molar-refractivity contribution is -0.143. The van der Waals surface area contributed by atoms with Crippen molar-refractivity contribution in [2.45, 2.75) is 12.6 Å². The maximum Gasteiger partial charge on any atom is 0.435 e. The van der Waals surface area contributed by atoms with E-state index in [4.69, 9.17) is 0 Å². The molecule has 0 saturated carbocycles. The van der Waals surface area contributed by atoms with Crippen molar-refractivity contribution in [3.63, 3.8) is 0 Å². The lowest BCUT2D eigenvalue weighted by atomic mass is 10.1. The van der Waals surface area contributed by atoms with Crippen LogP contribution in [-0.4, -0.2) is 39.9 Å². The van der Waals surface area contributed by atoms with Gasteiger partial charge in [0.1, 0.15) is 11.6 Å². The van der Waals surface area contributed by atoms with E-state index < -0.39 is 41.0 Å². The van der Waals surface area contributed by atoms with Gasteiger partial charge < -0.3 is 10.6 Å². The lowest BCUT2D eigenvalue weighted by Gasteiger charge is -2.11. The van der Waals surface area contributed by atoms with Crippen LogP contribution in [0.4, 0.5) is 22.0 Å². The van der Waals surface area contributed by atoms with Gasteiger partial charge in [-0.2, -0.15) is 13.2 Å². The second-order valence-corrected chi connectivity index (χ2v) is 6.58. The molecule has 1 heterocycles. The van der Waals surface area contributed by atoms with Crippen molar-refractivity contribution in [2.24, 2.45) is 0 Å². The summed E-state index contributed by atoms with van der Waals surface area (Å²) in [5, 5.41) is 11.4. The number of rotatable bonds is 7. The number of aromatic nitrogens is 3. The molecule has 7 nitrogen and oxygen atoms in total. The molecule has 0 fully saturated rings. The van der Waals surface area contributed by atoms with Gasteiger partial charge in [-0.1, -0.05) is 17.3 Å². The number of benzene rings is 2. The minimum Gasteiger partial charge on any atom is -0.354 e. The zero-order valence-electron chi connectivity index (χ0n) is 16.3. The van der Waals surface area contributed by atoms with Gasteiger partial charge in [0, 0.05) is 13.1 Å². The molecule has 0 bridgehead atoms. The molecule has 0 radical (unpaired) electrons. The predicted octanol–water partition coefficient (Wildman–Crippen LogP) is 2.65. The summed E-state index contributed by atoms with van der Waals surface area (Å²) in [5.74, 6) is -2.64. The highest BCUT2D eigenvalue weighted by molar-refractivity contribution is 5.93. The summed E-state index contributed by atoms with van der Waals surface area (Å²) in [7, 11) is 0. The standard InChI is InChI=1S/C20H16F5N5O2/c21-13-3-1-12(2-4-13)11-16(31)26-9-10-27-19(32)17-18(20(23,24)25)30(29-28-17)15-7-5-14(22)6-8-15/h1-8H,9-11H2,(H,26,31)(H,27,32). The maximum absolute atomic E-state index is 13.6. The van der Waals surface area contributed by atoms with Crippen molar-refractivity contribution in [3.8, 4) is 5.69 Å². The molecule has 0 aliphatic heterocycles. The number of carbonyl (C=O) groups is 2. The molecule has 0 saturated heterocycles. The first-order valence-electron chi connectivity index (χ1n) is 9.23. The minimum absolute atomic E-state index is 0.0293. The van der Waals surface area contributed by atoms with Gasteiger partial charge in [-0.25, -0.2) is 13.5 Å². The van der Waals surface area contributed by atoms with Gasteiger partial charge >= 0.3 is 6.18 Å². The Balaban J connectivity index is 1.60. The molecular weight excluding hydrogens is 437 g/mol. The van der Waals surface area contributed by atoms with Crippen LogP contribution in [0.25, 0.3) is 5.69 Å². The summed E-state index contributed by atoms with van der Waals surface area (Å²) >= 11 is 0. The zero-order valence-corrected chi connectivity index (χ0v) is 16.3. The molecule has 2 amide bonds. The smallest absolute Gasteiger partial charge is 0.354 e. The van der Waals surface area contributed by atoms with Crippen molar-refractivity contribution >= 4 is 11.8 Å². The highest BCUT2D eigenvalue weighted by Gasteiger charge is 2.41. The van der Waals surface area contributed by atoms with E-state index in [1.165, 1.54) is 24.3 Å². The van der Waals surface area contributed by atoms with Gasteiger partial charge in [-0.05, 0) is 42.0 Å². The van der Waals surface area contributed by atoms with Crippen molar-refractivity contribution in [1.29, 1.82) is 0 Å². The average Bonchev–Trinajstić information content (AvgIpc) is 3.19. The van der Waals surface area contributed by atoms with Crippen LogP contribution in [0.2, 0.25) is 0 Å². The van der Waals surface area contributed by atoms with Gasteiger partial charge in [0.05, 0.1) is 12.1 Å². The van der Waals surface area contributed by atoms with E-state index in [1.807, 2.05) is 0 Å². The molecular formula is C20H16F5N5O2. The molecule has 3 rings (SSSR count). The number of amides is 2. The molecule has 0 aliphatic carbocycles. The van der Waals surface area contributed by atoms with E-state index in [2.05, 4.69) is 20.9 Å². The Morgan fingerprint density at radius 3 is 2.03 bits per heavy atom. The van der Waals surface area contributed by atoms with E-state index in [0.717, 1.165) is 24.3 Å². The van der Waals surface area contributed by atoms with Gasteiger partial charge in [0.2, 0.25) is 5.91 Å². The molecule has 0 aliphatic rings. The van der Waals surface area contributed by atoms with E-state index in [0.29, 0.717) is 10.2 Å². The van der Waals surface area contributed by atoms with E-state index >= 15 is 0 Å². The monoisotopic (exact) mass is 453 g/mol. The van der Waals surface area contributed by atoms with Crippen molar-refractivity contribution in [2.75, 3.05) is 13.1 Å². The molecule has 32 heavy (non-hydrogen) atoms. The van der Waals surface area contributed by atoms with Crippen LogP contribution >= 0.6 is 0 Å². The second kappa shape index (κ2) is 9.54. The van der Waals surface area contributed by atoms with Crippen molar-refractivity contribution in [3.05, 3.63) is 77.1 Å². The van der Waals surface area contributed by atoms with Gasteiger partial charge in [0.25, 0.3) is 5.91 Å². The van der Waals surface area contributed by atoms with Gasteiger partial charge in [0.15, 0.2) is 11.4 Å². The highest BCUT2D eigenvalue weighted by Crippen LogP contribution is 2.32. The molecule has 1 aromatic heterocycles. The number of hydrogen-bond acceptors (Lipinski definition) is 4. The Kier molecular flexibility index (Phi) is 6.81. The number of nitrogens with zero attached hydrogens (tertiary/aromatic N) is 3. The number of alkyl halides is 3. The number of nitrogens with one attached hydrogen (secondary N) is 2. The first kappa shape index (κ1) is 22.8. The predicted molar refractivity (Wildman–Crippen MR) is 102 cm³/mol. The Bertz CT molecular complexity index is 1100. The normalized spacial score (nSPS) is 11.3. The largest absolute Gasteiger partial charge is 0.435 e. The van der Waals surface area contributed by atoms with Crippen molar-refractivity contribution in [1.82, 2.24) is 25.6 Å². The van der Waals surface area contributed by atoms with E-state index in [-0.39, 0.29) is 25.2 Å². The fraction of sp³-hybridized carbons (Fsp3) is 0.200. The Morgan fingerprint density at radius 2 is 1.44 bits per heavy atom. The zero-order chi connectivity index (χ0) is 23.3.